The summed E-state index contributed by atoms with van der Waals surface area (Å²) in [7, 11) is 0. The third-order valence-electron chi connectivity index (χ3n) is 4.62. The zero-order valence-electron chi connectivity index (χ0n) is 16.5. The Morgan fingerprint density at radius 2 is 1.71 bits per heavy atom. The first-order valence-corrected chi connectivity index (χ1v) is 9.63. The molecule has 0 aromatic heterocycles. The summed E-state index contributed by atoms with van der Waals surface area (Å²) >= 11 is 0. The van der Waals surface area contributed by atoms with Crippen LogP contribution in [-0.4, -0.2) is 37.5 Å². The Balaban J connectivity index is 1.33. The number of esters is 1. The molecule has 1 N–H and O–H groups in total. The molecule has 1 amide bonds. The SMILES string of the molecule is O=C1COc2ccc(C(=O)COC(=O)COc3ccccc3-c3ccccc3)cc2N1. The summed E-state index contributed by atoms with van der Waals surface area (Å²) < 4.78 is 15.9. The summed E-state index contributed by atoms with van der Waals surface area (Å²) in [5.74, 6) is -0.330. The molecule has 0 fully saturated rings. The normalized spacial score (nSPS) is 12.2. The maximum absolute atomic E-state index is 12.4. The van der Waals surface area contributed by atoms with Gasteiger partial charge in [-0.2, -0.15) is 0 Å². The van der Waals surface area contributed by atoms with Crippen molar-refractivity contribution in [3.8, 4) is 22.6 Å². The summed E-state index contributed by atoms with van der Waals surface area (Å²) in [6, 6.07) is 21.7. The molecule has 1 aliphatic heterocycles. The average Bonchev–Trinajstić information content (AvgIpc) is 2.81. The van der Waals surface area contributed by atoms with Gasteiger partial charge in [-0.3, -0.25) is 9.59 Å². The maximum atomic E-state index is 12.4. The summed E-state index contributed by atoms with van der Waals surface area (Å²) in [6.07, 6.45) is 0. The Morgan fingerprint density at radius 3 is 2.55 bits per heavy atom. The summed E-state index contributed by atoms with van der Waals surface area (Å²) in [5, 5.41) is 2.63. The minimum absolute atomic E-state index is 0.0642. The molecule has 1 aliphatic rings. The molecular weight excluding hydrogens is 398 g/mol. The van der Waals surface area contributed by atoms with Crippen molar-refractivity contribution >= 4 is 23.3 Å². The van der Waals surface area contributed by atoms with Crippen LogP contribution in [0.4, 0.5) is 5.69 Å². The van der Waals surface area contributed by atoms with Gasteiger partial charge in [0.15, 0.2) is 25.6 Å². The zero-order chi connectivity index (χ0) is 21.6. The topological polar surface area (TPSA) is 90.9 Å². The number of carbonyl (C=O) groups excluding carboxylic acids is 3. The quantitative estimate of drug-likeness (QED) is 0.468. The zero-order valence-corrected chi connectivity index (χ0v) is 16.5. The van der Waals surface area contributed by atoms with Crippen molar-refractivity contribution in [2.45, 2.75) is 0 Å². The van der Waals surface area contributed by atoms with E-state index in [4.69, 9.17) is 14.2 Å². The number of benzene rings is 3. The lowest BCUT2D eigenvalue weighted by molar-refractivity contribution is -0.144. The fourth-order valence-electron chi connectivity index (χ4n) is 3.11. The van der Waals surface area contributed by atoms with E-state index in [9.17, 15) is 14.4 Å². The van der Waals surface area contributed by atoms with E-state index in [0.29, 0.717) is 22.7 Å². The van der Waals surface area contributed by atoms with E-state index in [1.807, 2.05) is 48.5 Å². The van der Waals surface area contributed by atoms with E-state index < -0.39 is 18.4 Å². The number of nitrogens with one attached hydrogen (secondary N) is 1. The lowest BCUT2D eigenvalue weighted by Gasteiger charge is -2.18. The number of hydrogen-bond acceptors (Lipinski definition) is 6. The van der Waals surface area contributed by atoms with Gasteiger partial charge in [0.1, 0.15) is 11.5 Å². The number of rotatable bonds is 7. The first kappa shape index (κ1) is 20.2. The number of para-hydroxylation sites is 1. The molecule has 7 nitrogen and oxygen atoms in total. The number of hydrogen-bond donors (Lipinski definition) is 1. The number of ether oxygens (including phenoxy) is 3. The molecule has 0 saturated carbocycles. The monoisotopic (exact) mass is 417 g/mol. The number of ketones is 1. The molecule has 4 rings (SSSR count). The van der Waals surface area contributed by atoms with Crippen LogP contribution in [0.25, 0.3) is 11.1 Å². The van der Waals surface area contributed by atoms with Crippen LogP contribution >= 0.6 is 0 Å². The van der Waals surface area contributed by atoms with Gasteiger partial charge in [0.25, 0.3) is 5.91 Å². The van der Waals surface area contributed by atoms with Gasteiger partial charge >= 0.3 is 5.97 Å². The standard InChI is InChI=1S/C24H19NO6/c26-20(17-10-11-22-19(12-17)25-23(27)14-29-22)13-31-24(28)15-30-21-9-5-4-8-18(21)16-6-2-1-3-7-16/h1-12H,13-15H2,(H,25,27). The van der Waals surface area contributed by atoms with Crippen molar-refractivity contribution in [2.24, 2.45) is 0 Å². The Kier molecular flexibility index (Phi) is 5.93. The molecule has 1 heterocycles. The van der Waals surface area contributed by atoms with Crippen molar-refractivity contribution in [3.05, 3.63) is 78.4 Å². The van der Waals surface area contributed by atoms with E-state index in [1.54, 1.807) is 18.2 Å². The highest BCUT2D eigenvalue weighted by atomic mass is 16.6. The number of anilines is 1. The van der Waals surface area contributed by atoms with Crippen molar-refractivity contribution in [1.82, 2.24) is 0 Å². The van der Waals surface area contributed by atoms with Crippen molar-refractivity contribution in [1.29, 1.82) is 0 Å². The molecule has 3 aromatic carbocycles. The van der Waals surface area contributed by atoms with Gasteiger partial charge in [-0.05, 0) is 29.8 Å². The van der Waals surface area contributed by atoms with E-state index in [0.717, 1.165) is 11.1 Å². The number of carbonyl (C=O) groups is 3. The second-order valence-corrected chi connectivity index (χ2v) is 6.78. The van der Waals surface area contributed by atoms with E-state index in [2.05, 4.69) is 5.32 Å². The first-order chi connectivity index (χ1) is 15.1. The van der Waals surface area contributed by atoms with Gasteiger partial charge in [-0.15, -0.1) is 0 Å². The molecule has 7 heteroatoms. The van der Waals surface area contributed by atoms with Crippen LogP contribution < -0.4 is 14.8 Å². The lowest BCUT2D eigenvalue weighted by atomic mass is 10.1. The molecule has 0 radical (unpaired) electrons. The van der Waals surface area contributed by atoms with Gasteiger partial charge in [0, 0.05) is 11.1 Å². The summed E-state index contributed by atoms with van der Waals surface area (Å²) in [5.41, 5.74) is 2.53. The largest absolute Gasteiger partial charge is 0.482 e. The third kappa shape index (κ3) is 4.90. The van der Waals surface area contributed by atoms with Crippen LogP contribution in [0.15, 0.2) is 72.8 Å². The molecule has 3 aromatic rings. The summed E-state index contributed by atoms with van der Waals surface area (Å²) in [6.45, 7) is -0.827. The minimum Gasteiger partial charge on any atom is -0.482 e. The summed E-state index contributed by atoms with van der Waals surface area (Å²) in [4.78, 5) is 35.9. The second kappa shape index (κ2) is 9.13. The molecule has 0 spiro atoms. The Hall–Kier alpha value is -4.13. The number of Topliss-reactive ketones (excluding diaryl/α,β-unsaturated/α-hetero) is 1. The Labute approximate surface area is 178 Å². The van der Waals surface area contributed by atoms with Gasteiger partial charge in [-0.25, -0.2) is 4.79 Å². The van der Waals surface area contributed by atoms with Crippen molar-refractivity contribution in [2.75, 3.05) is 25.1 Å². The van der Waals surface area contributed by atoms with Crippen LogP contribution in [0.5, 0.6) is 11.5 Å². The van der Waals surface area contributed by atoms with Crippen molar-refractivity contribution < 1.29 is 28.6 Å². The lowest BCUT2D eigenvalue weighted by Crippen LogP contribution is -2.25. The number of fused-ring (bicyclic) bond motifs is 1. The fourth-order valence-corrected chi connectivity index (χ4v) is 3.11. The molecule has 0 aliphatic carbocycles. The minimum atomic E-state index is -0.661. The molecule has 156 valence electrons. The van der Waals surface area contributed by atoms with Gasteiger partial charge in [0.2, 0.25) is 0 Å². The van der Waals surface area contributed by atoms with Crippen LogP contribution in [0.3, 0.4) is 0 Å². The third-order valence-corrected chi connectivity index (χ3v) is 4.62. The van der Waals surface area contributed by atoms with Crippen LogP contribution in [-0.2, 0) is 14.3 Å². The van der Waals surface area contributed by atoms with Crippen LogP contribution in [0.2, 0.25) is 0 Å². The van der Waals surface area contributed by atoms with Gasteiger partial charge in [0.05, 0.1) is 5.69 Å². The predicted octanol–water partition coefficient (Wildman–Crippen LogP) is 3.49. The van der Waals surface area contributed by atoms with Crippen LogP contribution in [0.1, 0.15) is 10.4 Å². The van der Waals surface area contributed by atoms with Crippen LogP contribution in [0, 0.1) is 0 Å². The van der Waals surface area contributed by atoms with Crippen molar-refractivity contribution in [3.63, 3.8) is 0 Å². The molecule has 0 atom stereocenters. The second-order valence-electron chi connectivity index (χ2n) is 6.78. The predicted molar refractivity (Wildman–Crippen MR) is 113 cm³/mol. The Morgan fingerprint density at radius 1 is 0.935 bits per heavy atom. The van der Waals surface area contributed by atoms with E-state index in [1.165, 1.54) is 6.07 Å². The Bertz CT molecular complexity index is 1130. The highest BCUT2D eigenvalue weighted by molar-refractivity contribution is 6.01. The van der Waals surface area contributed by atoms with E-state index >= 15 is 0 Å². The highest BCUT2D eigenvalue weighted by Crippen LogP contribution is 2.30. The first-order valence-electron chi connectivity index (χ1n) is 9.63. The molecule has 0 bridgehead atoms. The molecule has 0 unspecified atom stereocenters. The molecule has 31 heavy (non-hydrogen) atoms. The van der Waals surface area contributed by atoms with Gasteiger partial charge in [-0.1, -0.05) is 48.5 Å². The average molecular weight is 417 g/mol. The molecular formula is C24H19NO6. The fraction of sp³-hybridized carbons (Fsp3) is 0.125. The van der Waals surface area contributed by atoms with E-state index in [-0.39, 0.29) is 19.1 Å². The maximum Gasteiger partial charge on any atom is 0.344 e. The highest BCUT2D eigenvalue weighted by Gasteiger charge is 2.19. The number of amides is 1. The van der Waals surface area contributed by atoms with Gasteiger partial charge < -0.3 is 19.5 Å². The molecule has 0 saturated heterocycles. The smallest absolute Gasteiger partial charge is 0.344 e.